The summed E-state index contributed by atoms with van der Waals surface area (Å²) in [4.78, 5) is 0. The average molecular weight is 340 g/mol. The molecule has 0 spiro atoms. The lowest BCUT2D eigenvalue weighted by Gasteiger charge is -2.17. The number of fused-ring (bicyclic) bond motifs is 3. The fourth-order valence-corrected chi connectivity index (χ4v) is 3.71. The SMILES string of the molecule is COc1cc2c(cc1NC(=S)NC1CCCC1)oc1ccccc12. The Morgan fingerprint density at radius 1 is 1.12 bits per heavy atom. The van der Waals surface area contributed by atoms with Gasteiger partial charge in [0.15, 0.2) is 5.11 Å². The van der Waals surface area contributed by atoms with Gasteiger partial charge in [0.25, 0.3) is 0 Å². The first-order valence-corrected chi connectivity index (χ1v) is 8.72. The summed E-state index contributed by atoms with van der Waals surface area (Å²) < 4.78 is 11.5. The third-order valence-electron chi connectivity index (χ3n) is 4.64. The summed E-state index contributed by atoms with van der Waals surface area (Å²) in [6.07, 6.45) is 4.91. The Hall–Kier alpha value is -2.27. The van der Waals surface area contributed by atoms with Crippen molar-refractivity contribution in [1.29, 1.82) is 0 Å². The summed E-state index contributed by atoms with van der Waals surface area (Å²) in [5.41, 5.74) is 2.51. The van der Waals surface area contributed by atoms with Crippen LogP contribution in [0.25, 0.3) is 21.9 Å². The number of methoxy groups -OCH3 is 1. The van der Waals surface area contributed by atoms with Crippen LogP contribution in [-0.4, -0.2) is 18.3 Å². The highest BCUT2D eigenvalue weighted by atomic mass is 32.1. The second-order valence-electron chi connectivity index (χ2n) is 6.23. The lowest BCUT2D eigenvalue weighted by molar-refractivity contribution is 0.417. The van der Waals surface area contributed by atoms with E-state index in [1.54, 1.807) is 7.11 Å². The first kappa shape index (κ1) is 15.3. The van der Waals surface area contributed by atoms with E-state index in [2.05, 4.69) is 16.7 Å². The second kappa shape index (κ2) is 6.32. The third-order valence-corrected chi connectivity index (χ3v) is 4.86. The van der Waals surface area contributed by atoms with Gasteiger partial charge < -0.3 is 19.8 Å². The summed E-state index contributed by atoms with van der Waals surface area (Å²) in [5, 5.41) is 9.41. The molecule has 2 aromatic carbocycles. The van der Waals surface area contributed by atoms with Crippen LogP contribution in [0.4, 0.5) is 5.69 Å². The van der Waals surface area contributed by atoms with Crippen molar-refractivity contribution in [1.82, 2.24) is 5.32 Å². The average Bonchev–Trinajstić information content (AvgIpc) is 3.20. The Labute approximate surface area is 146 Å². The van der Waals surface area contributed by atoms with Gasteiger partial charge in [-0.25, -0.2) is 0 Å². The van der Waals surface area contributed by atoms with Gasteiger partial charge in [0.05, 0.1) is 12.8 Å². The van der Waals surface area contributed by atoms with E-state index in [4.69, 9.17) is 21.4 Å². The van der Waals surface area contributed by atoms with Gasteiger partial charge in [-0.05, 0) is 37.2 Å². The molecule has 0 saturated heterocycles. The van der Waals surface area contributed by atoms with Gasteiger partial charge in [-0.2, -0.15) is 0 Å². The zero-order valence-corrected chi connectivity index (χ0v) is 14.4. The summed E-state index contributed by atoms with van der Waals surface area (Å²) in [5.74, 6) is 0.754. The Bertz CT molecular complexity index is 897. The van der Waals surface area contributed by atoms with Crippen LogP contribution in [0.15, 0.2) is 40.8 Å². The maximum atomic E-state index is 5.95. The molecular formula is C19H20N2O2S. The summed E-state index contributed by atoms with van der Waals surface area (Å²) in [6.45, 7) is 0. The molecule has 5 heteroatoms. The normalized spacial score (nSPS) is 15.0. The maximum absolute atomic E-state index is 5.95. The Kier molecular flexibility index (Phi) is 4.02. The number of nitrogens with one attached hydrogen (secondary N) is 2. The second-order valence-corrected chi connectivity index (χ2v) is 6.63. The zero-order chi connectivity index (χ0) is 16.5. The van der Waals surface area contributed by atoms with Crippen molar-refractivity contribution in [2.24, 2.45) is 0 Å². The van der Waals surface area contributed by atoms with Gasteiger partial charge >= 0.3 is 0 Å². The molecule has 2 N–H and O–H groups in total. The van der Waals surface area contributed by atoms with Crippen molar-refractivity contribution in [3.05, 3.63) is 36.4 Å². The van der Waals surface area contributed by atoms with E-state index in [-0.39, 0.29) is 0 Å². The van der Waals surface area contributed by atoms with Crippen molar-refractivity contribution < 1.29 is 9.15 Å². The van der Waals surface area contributed by atoms with Crippen LogP contribution in [0.1, 0.15) is 25.7 Å². The van der Waals surface area contributed by atoms with Gasteiger partial charge in [-0.3, -0.25) is 0 Å². The lowest BCUT2D eigenvalue weighted by Crippen LogP contribution is -2.36. The molecule has 124 valence electrons. The number of anilines is 1. The molecule has 0 amide bonds. The zero-order valence-electron chi connectivity index (χ0n) is 13.6. The van der Waals surface area contributed by atoms with E-state index in [0.717, 1.165) is 33.4 Å². The molecule has 1 fully saturated rings. The molecule has 1 aliphatic rings. The van der Waals surface area contributed by atoms with Crippen LogP contribution in [0.3, 0.4) is 0 Å². The summed E-state index contributed by atoms with van der Waals surface area (Å²) >= 11 is 5.46. The highest BCUT2D eigenvalue weighted by Gasteiger charge is 2.17. The molecule has 0 atom stereocenters. The van der Waals surface area contributed by atoms with Crippen molar-refractivity contribution in [2.45, 2.75) is 31.7 Å². The third kappa shape index (κ3) is 2.80. The molecule has 3 aromatic rings. The van der Waals surface area contributed by atoms with Crippen LogP contribution in [0, 0.1) is 0 Å². The summed E-state index contributed by atoms with van der Waals surface area (Å²) in [6, 6.07) is 12.4. The predicted octanol–water partition coefficient (Wildman–Crippen LogP) is 4.82. The molecule has 4 rings (SSSR count). The quantitative estimate of drug-likeness (QED) is 0.669. The molecular weight excluding hydrogens is 320 g/mol. The molecule has 0 radical (unpaired) electrons. The lowest BCUT2D eigenvalue weighted by atomic mass is 10.1. The van der Waals surface area contributed by atoms with E-state index in [1.807, 2.05) is 30.3 Å². The number of para-hydroxylation sites is 1. The Balaban J connectivity index is 1.66. The minimum absolute atomic E-state index is 0.478. The van der Waals surface area contributed by atoms with Crippen LogP contribution in [0.5, 0.6) is 5.75 Å². The number of hydrogen-bond acceptors (Lipinski definition) is 3. The van der Waals surface area contributed by atoms with Gasteiger partial charge in [0.1, 0.15) is 16.9 Å². The molecule has 0 bridgehead atoms. The molecule has 0 unspecified atom stereocenters. The van der Waals surface area contributed by atoms with Gasteiger partial charge in [-0.15, -0.1) is 0 Å². The van der Waals surface area contributed by atoms with Crippen molar-refractivity contribution >= 4 is 45.0 Å². The molecule has 0 aliphatic heterocycles. The minimum atomic E-state index is 0.478. The van der Waals surface area contributed by atoms with Crippen molar-refractivity contribution in [2.75, 3.05) is 12.4 Å². The standard InChI is InChI=1S/C19H20N2O2S/c1-22-18-10-14-13-8-4-5-9-16(13)23-17(14)11-15(18)21-19(24)20-12-6-2-3-7-12/h4-5,8-12H,2-3,6-7H2,1H3,(H2,20,21,24). The highest BCUT2D eigenvalue weighted by molar-refractivity contribution is 7.80. The van der Waals surface area contributed by atoms with Crippen LogP contribution in [0.2, 0.25) is 0 Å². The summed E-state index contributed by atoms with van der Waals surface area (Å²) in [7, 11) is 1.67. The number of benzene rings is 2. The molecule has 24 heavy (non-hydrogen) atoms. The number of rotatable bonds is 3. The molecule has 1 heterocycles. The number of hydrogen-bond donors (Lipinski definition) is 2. The Morgan fingerprint density at radius 3 is 2.71 bits per heavy atom. The van der Waals surface area contributed by atoms with Crippen LogP contribution < -0.4 is 15.4 Å². The number of ether oxygens (including phenoxy) is 1. The highest BCUT2D eigenvalue weighted by Crippen LogP contribution is 2.36. The van der Waals surface area contributed by atoms with E-state index < -0.39 is 0 Å². The predicted molar refractivity (Wildman–Crippen MR) is 102 cm³/mol. The Morgan fingerprint density at radius 2 is 1.92 bits per heavy atom. The van der Waals surface area contributed by atoms with Gasteiger partial charge in [-0.1, -0.05) is 31.0 Å². The topological polar surface area (TPSA) is 46.4 Å². The van der Waals surface area contributed by atoms with E-state index in [9.17, 15) is 0 Å². The number of furan rings is 1. The molecule has 1 aliphatic carbocycles. The largest absolute Gasteiger partial charge is 0.495 e. The fraction of sp³-hybridized carbons (Fsp3) is 0.316. The van der Waals surface area contributed by atoms with Gasteiger partial charge in [0.2, 0.25) is 0 Å². The first-order chi connectivity index (χ1) is 11.7. The monoisotopic (exact) mass is 340 g/mol. The van der Waals surface area contributed by atoms with Crippen molar-refractivity contribution in [3.8, 4) is 5.75 Å². The molecule has 1 aromatic heterocycles. The minimum Gasteiger partial charge on any atom is -0.495 e. The van der Waals surface area contributed by atoms with Gasteiger partial charge in [0, 0.05) is 22.9 Å². The van der Waals surface area contributed by atoms with E-state index in [1.165, 1.54) is 25.7 Å². The van der Waals surface area contributed by atoms with E-state index >= 15 is 0 Å². The fourth-order valence-electron chi connectivity index (χ4n) is 3.43. The smallest absolute Gasteiger partial charge is 0.171 e. The van der Waals surface area contributed by atoms with E-state index in [0.29, 0.717) is 11.2 Å². The first-order valence-electron chi connectivity index (χ1n) is 8.31. The maximum Gasteiger partial charge on any atom is 0.171 e. The van der Waals surface area contributed by atoms with Crippen molar-refractivity contribution in [3.63, 3.8) is 0 Å². The van der Waals surface area contributed by atoms with Crippen LogP contribution in [-0.2, 0) is 0 Å². The molecule has 4 nitrogen and oxygen atoms in total. The molecule has 1 saturated carbocycles. The van der Waals surface area contributed by atoms with Crippen LogP contribution >= 0.6 is 12.2 Å². The number of thiocarbonyl (C=S) groups is 1.